The Kier molecular flexibility index (Phi) is 29.2. The van der Waals surface area contributed by atoms with Gasteiger partial charge in [-0.05, 0) is 47.7 Å². The van der Waals surface area contributed by atoms with Crippen LogP contribution in [0.2, 0.25) is 0 Å². The van der Waals surface area contributed by atoms with E-state index >= 15 is 0 Å². The van der Waals surface area contributed by atoms with Crippen LogP contribution in [0.5, 0.6) is 0 Å². The number of hydrogen-bond donors (Lipinski definition) is 0. The molecule has 0 aliphatic carbocycles. The van der Waals surface area contributed by atoms with Crippen molar-refractivity contribution >= 4 is 0 Å². The van der Waals surface area contributed by atoms with Crippen LogP contribution in [-0.4, -0.2) is 115 Å². The van der Waals surface area contributed by atoms with Gasteiger partial charge in [-0.1, -0.05) is 13.8 Å². The van der Waals surface area contributed by atoms with Crippen LogP contribution in [0, 0.1) is 0 Å². The van der Waals surface area contributed by atoms with Gasteiger partial charge in [0, 0.05) is 7.85 Å². The minimum Gasteiger partial charge on any atom is -1.00 e. The first-order valence-electron chi connectivity index (χ1n) is 8.74. The lowest BCUT2D eigenvalue weighted by molar-refractivity contribution is -0.890. The quantitative estimate of drug-likeness (QED) is 0.396. The molecule has 0 fully saturated rings. The number of hydrogen-bond acceptors (Lipinski definition) is 2. The lowest BCUT2D eigenvalue weighted by Gasteiger charge is -2.28. The molecule has 0 heterocycles. The molecule has 0 saturated heterocycles. The summed E-state index contributed by atoms with van der Waals surface area (Å²) in [6.07, 6.45) is 2.58. The Morgan fingerprint density at radius 2 is 0.833 bits per heavy atom. The predicted octanol–water partition coefficient (Wildman–Crippen LogP) is -3.43. The summed E-state index contributed by atoms with van der Waals surface area (Å²) < 4.78 is 2.17. The van der Waals surface area contributed by atoms with Crippen molar-refractivity contribution < 1.29 is 35.2 Å². The van der Waals surface area contributed by atoms with Gasteiger partial charge >= 0.3 is 0 Å². The molecule has 6 heteroatoms. The van der Waals surface area contributed by atoms with E-state index in [1.54, 1.807) is 0 Å². The van der Waals surface area contributed by atoms with E-state index in [2.05, 4.69) is 80.3 Å². The third-order valence-corrected chi connectivity index (χ3v) is 2.87. The highest BCUT2D eigenvalue weighted by Crippen LogP contribution is 1.98. The van der Waals surface area contributed by atoms with Gasteiger partial charge < -0.3 is 43.6 Å². The number of nitrogens with zero attached hydrogens (tertiary/aromatic N) is 4. The Bertz CT molecular complexity index is 206. The largest absolute Gasteiger partial charge is 1.00 e. The van der Waals surface area contributed by atoms with Crippen LogP contribution in [0.15, 0.2) is 0 Å². The maximum Gasteiger partial charge on any atom is 0.0834 e. The van der Waals surface area contributed by atoms with E-state index in [9.17, 15) is 0 Å². The van der Waals surface area contributed by atoms with E-state index < -0.39 is 0 Å². The Hall–Kier alpha value is 0.420. The van der Waals surface area contributed by atoms with Crippen LogP contribution in [0.3, 0.4) is 0 Å². The van der Waals surface area contributed by atoms with Gasteiger partial charge in [-0.15, -0.1) is 0 Å². The molecule has 0 rings (SSSR count). The minimum atomic E-state index is 0. The molecule has 24 heavy (non-hydrogen) atoms. The second-order valence-electron chi connectivity index (χ2n) is 8.34. The molecule has 0 aromatic rings. The highest BCUT2D eigenvalue weighted by molar-refractivity contribution is 4.47. The van der Waals surface area contributed by atoms with Crippen molar-refractivity contribution in [3.8, 4) is 0 Å². The van der Waals surface area contributed by atoms with E-state index in [-0.39, 0.29) is 26.2 Å². The second-order valence-corrected chi connectivity index (χ2v) is 8.34. The molecule has 0 aromatic carbocycles. The van der Waals surface area contributed by atoms with Crippen LogP contribution in [0.1, 0.15) is 28.1 Å². The predicted molar refractivity (Wildman–Crippen MR) is 106 cm³/mol. The molecule has 0 radical (unpaired) electrons. The standard InChI is InChI=1S/C9H24N2.C7H18N2.C2H6.2ClH.H2/c1-10(2,3)8-7-9-11(4,5)6;1-8(2)6-5-7-9(3)4;1-2;;;/h7-9H2,1-6H3;5-7H2,1-4H3;1-2H3;3*1H/q+2;;;;;/p-2/i;;;;;1+1. The van der Waals surface area contributed by atoms with E-state index in [1.165, 1.54) is 39.0 Å². The summed E-state index contributed by atoms with van der Waals surface area (Å²) in [5, 5.41) is 0. The molecular formula is C18H50Cl2N4. The molecule has 0 spiro atoms. The number of rotatable bonds is 8. The van der Waals surface area contributed by atoms with E-state index in [0.29, 0.717) is 0 Å². The van der Waals surface area contributed by atoms with E-state index in [0.717, 1.165) is 8.97 Å². The van der Waals surface area contributed by atoms with Crippen molar-refractivity contribution in [1.82, 2.24) is 9.80 Å². The first-order chi connectivity index (χ1) is 9.83. The third kappa shape index (κ3) is 49.5. The van der Waals surface area contributed by atoms with Gasteiger partial charge in [0.15, 0.2) is 0 Å². The normalized spacial score (nSPS) is 10.8. The summed E-state index contributed by atoms with van der Waals surface area (Å²) in [5.74, 6) is 0. The molecule has 0 saturated carbocycles. The molecular weight excluding hydrogens is 343 g/mol. The Morgan fingerprint density at radius 1 is 0.583 bits per heavy atom. The van der Waals surface area contributed by atoms with Crippen molar-refractivity contribution in [2.24, 2.45) is 0 Å². The minimum absolute atomic E-state index is 0. The highest BCUT2D eigenvalue weighted by Gasteiger charge is 2.11. The van der Waals surface area contributed by atoms with Gasteiger partial charge in [-0.25, -0.2) is 0 Å². The van der Waals surface area contributed by atoms with Crippen LogP contribution in [-0.2, 0) is 0 Å². The van der Waals surface area contributed by atoms with Crippen LogP contribution < -0.4 is 24.8 Å². The fraction of sp³-hybridized carbons (Fsp3) is 1.00. The smallest absolute Gasteiger partial charge is 0.0834 e. The molecule has 4 nitrogen and oxygen atoms in total. The van der Waals surface area contributed by atoms with E-state index in [1.807, 2.05) is 13.8 Å². The first kappa shape index (κ1) is 35.5. The number of quaternary nitrogens is 2. The van der Waals surface area contributed by atoms with Gasteiger partial charge in [-0.3, -0.25) is 0 Å². The van der Waals surface area contributed by atoms with Crippen LogP contribution >= 0.6 is 0 Å². The summed E-state index contributed by atoms with van der Waals surface area (Å²) in [7, 11) is 21.9. The lowest BCUT2D eigenvalue weighted by atomic mass is 10.3. The van der Waals surface area contributed by atoms with Crippen molar-refractivity contribution in [3.05, 3.63) is 0 Å². The molecule has 0 aromatic heterocycles. The summed E-state index contributed by atoms with van der Waals surface area (Å²) in [4.78, 5) is 4.42. The summed E-state index contributed by atoms with van der Waals surface area (Å²) in [5.41, 5.74) is 0. The Morgan fingerprint density at radius 3 is 1.00 bits per heavy atom. The number of halogens is 2. The molecule has 0 atom stereocenters. The Labute approximate surface area is 168 Å². The molecule has 0 aliphatic rings. The summed E-state index contributed by atoms with van der Waals surface area (Å²) >= 11 is 0. The molecule has 0 amide bonds. The zero-order valence-electron chi connectivity index (χ0n) is 18.8. The van der Waals surface area contributed by atoms with Crippen molar-refractivity contribution in [2.75, 3.05) is 96.7 Å². The Balaban J connectivity index is -0.0000000597. The lowest BCUT2D eigenvalue weighted by Crippen LogP contribution is -3.00. The SMILES string of the molecule is CC.CN(C)CCCN(C)C.C[N+](C)(C)CCC[N+](C)(C)C.[2HH].[Cl-].[Cl-]. The zero-order chi connectivity index (χ0) is 18.4. The maximum atomic E-state index is 2.25. The summed E-state index contributed by atoms with van der Waals surface area (Å²) in [6, 6.07) is 0. The first-order valence-corrected chi connectivity index (χ1v) is 8.74. The average Bonchev–Trinajstić information content (AvgIpc) is 2.27. The molecule has 156 valence electrons. The van der Waals surface area contributed by atoms with Crippen molar-refractivity contribution in [2.45, 2.75) is 26.7 Å². The van der Waals surface area contributed by atoms with Gasteiger partial charge in [0.25, 0.3) is 0 Å². The van der Waals surface area contributed by atoms with Crippen LogP contribution in [0.4, 0.5) is 0 Å². The maximum absolute atomic E-state index is 2.25. The van der Waals surface area contributed by atoms with Gasteiger partial charge in [0.2, 0.25) is 0 Å². The van der Waals surface area contributed by atoms with Gasteiger partial charge in [0.1, 0.15) is 0 Å². The highest BCUT2D eigenvalue weighted by atomic mass is 35.5. The van der Waals surface area contributed by atoms with Gasteiger partial charge in [-0.2, -0.15) is 0 Å². The topological polar surface area (TPSA) is 6.48 Å². The third-order valence-electron chi connectivity index (χ3n) is 2.87. The van der Waals surface area contributed by atoms with Crippen molar-refractivity contribution in [1.29, 1.82) is 0 Å². The molecule has 0 unspecified atom stereocenters. The van der Waals surface area contributed by atoms with Crippen LogP contribution in [0.25, 0.3) is 0 Å². The fourth-order valence-electron chi connectivity index (χ4n) is 1.72. The van der Waals surface area contributed by atoms with Gasteiger partial charge in [0.05, 0.1) is 55.4 Å². The van der Waals surface area contributed by atoms with Crippen molar-refractivity contribution in [3.63, 3.8) is 0 Å². The molecule has 0 aliphatic heterocycles. The summed E-state index contributed by atoms with van der Waals surface area (Å²) in [6.45, 7) is 8.93. The van der Waals surface area contributed by atoms with E-state index in [4.69, 9.17) is 0 Å². The second kappa shape index (κ2) is 19.7. The molecule has 0 bridgehead atoms. The fourth-order valence-corrected chi connectivity index (χ4v) is 1.72. The monoisotopic (exact) mass is 393 g/mol. The molecule has 0 N–H and O–H groups in total. The average molecular weight is 395 g/mol. The zero-order valence-corrected chi connectivity index (χ0v) is 20.3.